The van der Waals surface area contributed by atoms with Crippen molar-refractivity contribution in [2.45, 2.75) is 52.0 Å². The summed E-state index contributed by atoms with van der Waals surface area (Å²) in [7, 11) is 0. The number of anilines is 1. The molecule has 1 unspecified atom stereocenters. The minimum Gasteiger partial charge on any atom is -0.369 e. The molecule has 1 fully saturated rings. The van der Waals surface area contributed by atoms with Gasteiger partial charge in [-0.25, -0.2) is 0 Å². The van der Waals surface area contributed by atoms with E-state index in [-0.39, 0.29) is 11.9 Å². The smallest absolute Gasteiger partial charge is 0.219 e. The number of fused-ring (bicyclic) bond motifs is 1. The number of nitrogens with one attached hydrogen (secondary N) is 1. The van der Waals surface area contributed by atoms with Crippen LogP contribution in [0.3, 0.4) is 0 Å². The highest BCUT2D eigenvalue weighted by atomic mass is 16.1. The van der Waals surface area contributed by atoms with Crippen molar-refractivity contribution in [3.05, 3.63) is 36.0 Å². The number of aryl methyl sites for hydroxylation is 1. The number of hydrogen-bond donors (Lipinski definition) is 1. The summed E-state index contributed by atoms with van der Waals surface area (Å²) in [6.07, 6.45) is 4.82. The van der Waals surface area contributed by atoms with Crippen LogP contribution in [0, 0.1) is 0 Å². The molecule has 0 saturated carbocycles. The van der Waals surface area contributed by atoms with Gasteiger partial charge in [0.05, 0.1) is 5.52 Å². The van der Waals surface area contributed by atoms with Crippen molar-refractivity contribution in [1.82, 2.24) is 10.3 Å². The van der Waals surface area contributed by atoms with Crippen LogP contribution in [-0.2, 0) is 11.2 Å². The third-order valence-electron chi connectivity index (χ3n) is 4.70. The average Bonchev–Trinajstić information content (AvgIpc) is 2.61. The number of carbonyl (C=O) groups excluding carboxylic acids is 1. The molecule has 1 N–H and O–H groups in total. The Bertz CT molecular complexity index is 713. The zero-order valence-electron chi connectivity index (χ0n) is 14.7. The van der Waals surface area contributed by atoms with Gasteiger partial charge in [0.2, 0.25) is 5.91 Å². The van der Waals surface area contributed by atoms with Gasteiger partial charge in [0, 0.05) is 42.3 Å². The second-order valence-electron chi connectivity index (χ2n) is 6.61. The first-order chi connectivity index (χ1) is 11.7. The second kappa shape index (κ2) is 7.65. The van der Waals surface area contributed by atoms with Gasteiger partial charge in [-0.1, -0.05) is 38.5 Å². The number of aromatic nitrogens is 1. The van der Waals surface area contributed by atoms with Crippen molar-refractivity contribution in [2.24, 2.45) is 0 Å². The van der Waals surface area contributed by atoms with Gasteiger partial charge in [-0.3, -0.25) is 9.78 Å². The van der Waals surface area contributed by atoms with Gasteiger partial charge in [0.1, 0.15) is 0 Å². The van der Waals surface area contributed by atoms with Crippen molar-refractivity contribution < 1.29 is 4.79 Å². The molecule has 1 saturated heterocycles. The quantitative estimate of drug-likeness (QED) is 0.912. The molecule has 0 radical (unpaired) electrons. The summed E-state index contributed by atoms with van der Waals surface area (Å²) < 4.78 is 0. The van der Waals surface area contributed by atoms with E-state index in [1.54, 1.807) is 0 Å². The van der Waals surface area contributed by atoms with Crippen LogP contribution in [-0.4, -0.2) is 30.0 Å². The van der Waals surface area contributed by atoms with Crippen LogP contribution < -0.4 is 10.2 Å². The molecule has 3 rings (SSSR count). The summed E-state index contributed by atoms with van der Waals surface area (Å²) in [5.41, 5.74) is 3.49. The fraction of sp³-hybridized carbons (Fsp3) is 0.500. The summed E-state index contributed by atoms with van der Waals surface area (Å²) in [6, 6.07) is 10.9. The van der Waals surface area contributed by atoms with Gasteiger partial charge >= 0.3 is 0 Å². The maximum absolute atomic E-state index is 11.7. The number of benzene rings is 1. The largest absolute Gasteiger partial charge is 0.369 e. The van der Waals surface area contributed by atoms with E-state index in [2.05, 4.69) is 47.5 Å². The molecule has 2 heterocycles. The summed E-state index contributed by atoms with van der Waals surface area (Å²) in [5, 5.41) is 4.37. The van der Waals surface area contributed by atoms with Crippen LogP contribution in [0.1, 0.15) is 45.2 Å². The van der Waals surface area contributed by atoms with Crippen molar-refractivity contribution in [2.75, 3.05) is 18.0 Å². The van der Waals surface area contributed by atoms with E-state index in [9.17, 15) is 4.79 Å². The first-order valence-electron chi connectivity index (χ1n) is 9.14. The molecule has 1 atom stereocenters. The van der Waals surface area contributed by atoms with Gasteiger partial charge in [0.25, 0.3) is 0 Å². The molecule has 1 amide bonds. The number of carbonyl (C=O) groups is 1. The van der Waals surface area contributed by atoms with Crippen LogP contribution >= 0.6 is 0 Å². The van der Waals surface area contributed by atoms with Crippen molar-refractivity contribution in [3.8, 4) is 0 Å². The lowest BCUT2D eigenvalue weighted by Crippen LogP contribution is -2.47. The predicted molar refractivity (Wildman–Crippen MR) is 99.4 cm³/mol. The number of piperidine rings is 1. The number of hydrogen-bond acceptors (Lipinski definition) is 3. The molecule has 0 spiro atoms. The zero-order chi connectivity index (χ0) is 16.9. The zero-order valence-corrected chi connectivity index (χ0v) is 14.7. The minimum atomic E-state index is 0.146. The Morgan fingerprint density at radius 3 is 2.96 bits per heavy atom. The highest BCUT2D eigenvalue weighted by Gasteiger charge is 2.23. The van der Waals surface area contributed by atoms with Crippen LogP contribution in [0.15, 0.2) is 30.3 Å². The first kappa shape index (κ1) is 16.7. The van der Waals surface area contributed by atoms with Crippen LogP contribution in [0.4, 0.5) is 5.69 Å². The summed E-state index contributed by atoms with van der Waals surface area (Å²) >= 11 is 0. The topological polar surface area (TPSA) is 45.2 Å². The third-order valence-corrected chi connectivity index (χ3v) is 4.70. The van der Waals surface area contributed by atoms with Gasteiger partial charge in [0.15, 0.2) is 0 Å². The predicted octanol–water partition coefficient (Wildman–Crippen LogP) is 3.68. The average molecular weight is 325 g/mol. The van der Waals surface area contributed by atoms with Crippen LogP contribution in [0.25, 0.3) is 10.9 Å². The molecule has 1 aliphatic heterocycles. The Morgan fingerprint density at radius 2 is 2.17 bits per heavy atom. The number of rotatable bonds is 5. The molecule has 1 aromatic carbocycles. The molecule has 1 aromatic heterocycles. The summed E-state index contributed by atoms with van der Waals surface area (Å²) in [4.78, 5) is 19.0. The third kappa shape index (κ3) is 3.69. The van der Waals surface area contributed by atoms with E-state index in [1.165, 1.54) is 11.1 Å². The fourth-order valence-electron chi connectivity index (χ4n) is 3.50. The van der Waals surface area contributed by atoms with Gasteiger partial charge in [-0.15, -0.1) is 0 Å². The SMILES string of the molecule is CCCc1cc(N2CCCC(NC(=O)CC)C2)c2ccccc2n1. The molecule has 0 bridgehead atoms. The van der Waals surface area contributed by atoms with E-state index in [0.29, 0.717) is 6.42 Å². The molecule has 24 heavy (non-hydrogen) atoms. The van der Waals surface area contributed by atoms with E-state index < -0.39 is 0 Å². The van der Waals surface area contributed by atoms with Gasteiger partial charge in [-0.05, 0) is 31.4 Å². The van der Waals surface area contributed by atoms with Crippen LogP contribution in [0.5, 0.6) is 0 Å². The monoisotopic (exact) mass is 325 g/mol. The molecule has 4 nitrogen and oxygen atoms in total. The summed E-state index contributed by atoms with van der Waals surface area (Å²) in [6.45, 7) is 6.01. The molecular formula is C20H27N3O. The van der Waals surface area contributed by atoms with Crippen molar-refractivity contribution in [1.29, 1.82) is 0 Å². The normalized spacial score (nSPS) is 17.9. The number of amides is 1. The summed E-state index contributed by atoms with van der Waals surface area (Å²) in [5.74, 6) is 0.146. The standard InChI is InChI=1S/C20H27N3O/c1-3-8-15-13-19(17-10-5-6-11-18(17)21-15)23-12-7-9-16(14-23)22-20(24)4-2/h5-6,10-11,13,16H,3-4,7-9,12,14H2,1-2H3,(H,22,24). The Balaban J connectivity index is 1.90. The first-order valence-corrected chi connectivity index (χ1v) is 9.14. The maximum atomic E-state index is 11.7. The Hall–Kier alpha value is -2.10. The Labute approximate surface area is 144 Å². The van der Waals surface area contributed by atoms with E-state index in [1.807, 2.05) is 6.92 Å². The number of nitrogens with zero attached hydrogens (tertiary/aromatic N) is 2. The lowest BCUT2D eigenvalue weighted by atomic mass is 10.0. The van der Waals surface area contributed by atoms with Crippen molar-refractivity contribution >= 4 is 22.5 Å². The Kier molecular flexibility index (Phi) is 5.34. The molecule has 2 aromatic rings. The number of pyridine rings is 1. The maximum Gasteiger partial charge on any atom is 0.219 e. The van der Waals surface area contributed by atoms with Crippen molar-refractivity contribution in [3.63, 3.8) is 0 Å². The minimum absolute atomic E-state index is 0.146. The highest BCUT2D eigenvalue weighted by Crippen LogP contribution is 2.29. The second-order valence-corrected chi connectivity index (χ2v) is 6.61. The lowest BCUT2D eigenvalue weighted by Gasteiger charge is -2.35. The van der Waals surface area contributed by atoms with E-state index in [0.717, 1.165) is 50.0 Å². The van der Waals surface area contributed by atoms with Gasteiger partial charge < -0.3 is 10.2 Å². The van der Waals surface area contributed by atoms with Crippen LogP contribution in [0.2, 0.25) is 0 Å². The highest BCUT2D eigenvalue weighted by molar-refractivity contribution is 5.92. The van der Waals surface area contributed by atoms with E-state index in [4.69, 9.17) is 4.98 Å². The molecule has 0 aliphatic carbocycles. The fourth-order valence-corrected chi connectivity index (χ4v) is 3.50. The number of para-hydroxylation sites is 1. The van der Waals surface area contributed by atoms with Gasteiger partial charge in [-0.2, -0.15) is 0 Å². The Morgan fingerprint density at radius 1 is 1.33 bits per heavy atom. The van der Waals surface area contributed by atoms with E-state index >= 15 is 0 Å². The molecule has 4 heteroatoms. The molecule has 1 aliphatic rings. The lowest BCUT2D eigenvalue weighted by molar-refractivity contribution is -0.121. The molecular weight excluding hydrogens is 298 g/mol. The molecule has 128 valence electrons.